The summed E-state index contributed by atoms with van der Waals surface area (Å²) in [7, 11) is 0. The van der Waals surface area contributed by atoms with E-state index in [1.54, 1.807) is 6.08 Å². The Hall–Kier alpha value is -1.32. The molecule has 20 heavy (non-hydrogen) atoms. The van der Waals surface area contributed by atoms with Crippen LogP contribution >= 0.6 is 11.6 Å². The van der Waals surface area contributed by atoms with Gasteiger partial charge in [0, 0.05) is 23.7 Å². The third-order valence-electron chi connectivity index (χ3n) is 4.26. The summed E-state index contributed by atoms with van der Waals surface area (Å²) in [5.74, 6) is 0.646. The lowest BCUT2D eigenvalue weighted by atomic mass is 9.84. The molecule has 1 aromatic carbocycles. The van der Waals surface area contributed by atoms with E-state index in [9.17, 15) is 4.79 Å². The minimum absolute atomic E-state index is 0.0104. The first-order valence-electron chi connectivity index (χ1n) is 7.17. The van der Waals surface area contributed by atoms with Crippen molar-refractivity contribution in [1.82, 2.24) is 10.2 Å². The van der Waals surface area contributed by atoms with Gasteiger partial charge in [-0.15, -0.1) is 0 Å². The van der Waals surface area contributed by atoms with Crippen molar-refractivity contribution in [2.45, 2.75) is 18.9 Å². The van der Waals surface area contributed by atoms with E-state index < -0.39 is 0 Å². The van der Waals surface area contributed by atoms with Gasteiger partial charge in [-0.25, -0.2) is 0 Å². The van der Waals surface area contributed by atoms with Gasteiger partial charge in [0.1, 0.15) is 0 Å². The van der Waals surface area contributed by atoms with Crippen LogP contribution in [-0.2, 0) is 4.79 Å². The maximum atomic E-state index is 12.0. The summed E-state index contributed by atoms with van der Waals surface area (Å²) in [5, 5.41) is 3.82. The van der Waals surface area contributed by atoms with Crippen LogP contribution in [0.3, 0.4) is 0 Å². The number of fused-ring (bicyclic) bond motifs is 3. The maximum absolute atomic E-state index is 12.0. The predicted molar refractivity (Wildman–Crippen MR) is 81.6 cm³/mol. The van der Waals surface area contributed by atoms with Crippen LogP contribution in [0.5, 0.6) is 0 Å². The molecule has 0 aromatic heterocycles. The first-order valence-corrected chi connectivity index (χ1v) is 7.55. The number of hydrogen-bond donors (Lipinski definition) is 1. The molecule has 3 saturated heterocycles. The van der Waals surface area contributed by atoms with Gasteiger partial charge in [0.2, 0.25) is 5.91 Å². The minimum Gasteiger partial charge on any atom is -0.348 e. The first kappa shape index (κ1) is 13.7. The van der Waals surface area contributed by atoms with Crippen molar-refractivity contribution in [2.75, 3.05) is 19.6 Å². The van der Waals surface area contributed by atoms with E-state index in [1.807, 2.05) is 30.3 Å². The Morgan fingerprint density at radius 3 is 2.80 bits per heavy atom. The van der Waals surface area contributed by atoms with Gasteiger partial charge in [0.25, 0.3) is 0 Å². The number of nitrogens with zero attached hydrogens (tertiary/aromatic N) is 1. The molecule has 0 spiro atoms. The summed E-state index contributed by atoms with van der Waals surface area (Å²) >= 11 is 5.92. The highest BCUT2D eigenvalue weighted by molar-refractivity contribution is 6.30. The van der Waals surface area contributed by atoms with Crippen LogP contribution in [0.15, 0.2) is 30.3 Å². The molecule has 3 nitrogen and oxygen atoms in total. The largest absolute Gasteiger partial charge is 0.348 e. The van der Waals surface area contributed by atoms with Gasteiger partial charge in [-0.1, -0.05) is 23.7 Å². The number of carbonyl (C=O) groups is 1. The Labute approximate surface area is 124 Å². The van der Waals surface area contributed by atoms with E-state index in [0.717, 1.165) is 12.1 Å². The second-order valence-electron chi connectivity index (χ2n) is 5.64. The maximum Gasteiger partial charge on any atom is 0.244 e. The number of amides is 1. The monoisotopic (exact) mass is 290 g/mol. The topological polar surface area (TPSA) is 32.3 Å². The summed E-state index contributed by atoms with van der Waals surface area (Å²) in [6, 6.07) is 7.80. The van der Waals surface area contributed by atoms with Crippen LogP contribution in [0.2, 0.25) is 5.02 Å². The van der Waals surface area contributed by atoms with Crippen molar-refractivity contribution in [3.8, 4) is 0 Å². The highest BCUT2D eigenvalue weighted by Crippen LogP contribution is 2.27. The molecular formula is C16H19ClN2O. The van der Waals surface area contributed by atoms with Crippen molar-refractivity contribution in [1.29, 1.82) is 0 Å². The molecule has 3 aliphatic heterocycles. The zero-order chi connectivity index (χ0) is 13.9. The summed E-state index contributed by atoms with van der Waals surface area (Å²) in [4.78, 5) is 14.4. The third kappa shape index (κ3) is 3.22. The molecule has 3 aliphatic rings. The summed E-state index contributed by atoms with van der Waals surface area (Å²) < 4.78 is 0. The van der Waals surface area contributed by atoms with E-state index in [0.29, 0.717) is 17.0 Å². The van der Waals surface area contributed by atoms with Crippen molar-refractivity contribution in [2.24, 2.45) is 5.92 Å². The molecule has 0 saturated carbocycles. The molecule has 4 heteroatoms. The highest BCUT2D eigenvalue weighted by Gasteiger charge is 2.34. The first-order chi connectivity index (χ1) is 9.70. The van der Waals surface area contributed by atoms with Crippen molar-refractivity contribution >= 4 is 23.6 Å². The lowest BCUT2D eigenvalue weighted by molar-refractivity contribution is -0.118. The number of rotatable bonds is 3. The molecule has 3 fully saturated rings. The number of carbonyl (C=O) groups excluding carboxylic acids is 1. The van der Waals surface area contributed by atoms with Crippen molar-refractivity contribution < 1.29 is 4.79 Å². The molecule has 1 amide bonds. The zero-order valence-electron chi connectivity index (χ0n) is 11.4. The fourth-order valence-corrected chi connectivity index (χ4v) is 3.34. The average Bonchev–Trinajstić information content (AvgIpc) is 2.46. The number of hydrogen-bond acceptors (Lipinski definition) is 2. The number of piperidine rings is 3. The lowest BCUT2D eigenvalue weighted by Crippen LogP contribution is -2.57. The third-order valence-corrected chi connectivity index (χ3v) is 4.49. The zero-order valence-corrected chi connectivity index (χ0v) is 12.1. The van der Waals surface area contributed by atoms with Crippen LogP contribution in [0.4, 0.5) is 0 Å². The van der Waals surface area contributed by atoms with Crippen LogP contribution in [0.25, 0.3) is 6.08 Å². The molecule has 1 atom stereocenters. The van der Waals surface area contributed by atoms with E-state index in [4.69, 9.17) is 11.6 Å². The fourth-order valence-electron chi connectivity index (χ4n) is 3.14. The second-order valence-corrected chi connectivity index (χ2v) is 6.08. The Morgan fingerprint density at radius 2 is 2.15 bits per heavy atom. The molecule has 4 rings (SSSR count). The van der Waals surface area contributed by atoms with Gasteiger partial charge in [0.15, 0.2) is 0 Å². The lowest BCUT2D eigenvalue weighted by Gasteiger charge is -2.44. The highest BCUT2D eigenvalue weighted by atomic mass is 35.5. The molecule has 106 valence electrons. The molecule has 1 aromatic rings. The Kier molecular flexibility index (Phi) is 4.08. The Bertz CT molecular complexity index is 521. The van der Waals surface area contributed by atoms with Gasteiger partial charge in [0.05, 0.1) is 0 Å². The molecule has 1 N–H and O–H groups in total. The van der Waals surface area contributed by atoms with Gasteiger partial charge in [-0.2, -0.15) is 0 Å². The SMILES string of the molecule is O=C(C=Cc1cccc(Cl)c1)N[C@H]1CN2CCC1CC2. The summed E-state index contributed by atoms with van der Waals surface area (Å²) in [5.41, 5.74) is 0.946. The fraction of sp³-hybridized carbons (Fsp3) is 0.438. The van der Waals surface area contributed by atoms with Gasteiger partial charge < -0.3 is 10.2 Å². The smallest absolute Gasteiger partial charge is 0.244 e. The summed E-state index contributed by atoms with van der Waals surface area (Å²) in [6.45, 7) is 3.38. The normalized spacial score (nSPS) is 28.8. The quantitative estimate of drug-likeness (QED) is 0.868. The number of benzene rings is 1. The van der Waals surface area contributed by atoms with E-state index in [2.05, 4.69) is 10.2 Å². The van der Waals surface area contributed by atoms with Gasteiger partial charge in [-0.3, -0.25) is 4.79 Å². The Balaban J connectivity index is 1.57. The van der Waals surface area contributed by atoms with Crippen LogP contribution < -0.4 is 5.32 Å². The average molecular weight is 291 g/mol. The molecule has 0 unspecified atom stereocenters. The van der Waals surface area contributed by atoms with Crippen LogP contribution in [0.1, 0.15) is 18.4 Å². The summed E-state index contributed by atoms with van der Waals surface area (Å²) in [6.07, 6.45) is 5.83. The number of nitrogens with one attached hydrogen (secondary N) is 1. The molecule has 3 heterocycles. The molecule has 0 radical (unpaired) electrons. The van der Waals surface area contributed by atoms with E-state index in [1.165, 1.54) is 25.9 Å². The van der Waals surface area contributed by atoms with Crippen molar-refractivity contribution in [3.05, 3.63) is 40.9 Å². The second kappa shape index (κ2) is 5.98. The Morgan fingerprint density at radius 1 is 1.35 bits per heavy atom. The van der Waals surface area contributed by atoms with E-state index >= 15 is 0 Å². The molecule has 2 bridgehead atoms. The molecular weight excluding hydrogens is 272 g/mol. The van der Waals surface area contributed by atoms with Crippen molar-refractivity contribution in [3.63, 3.8) is 0 Å². The minimum atomic E-state index is -0.0104. The van der Waals surface area contributed by atoms with Crippen LogP contribution in [-0.4, -0.2) is 36.5 Å². The standard InChI is InChI=1S/C16H19ClN2O/c17-14-3-1-2-12(10-14)4-5-16(20)18-15-11-19-8-6-13(15)7-9-19/h1-5,10,13,15H,6-9,11H2,(H,18,20)/t15-/m0/s1. The van der Waals surface area contributed by atoms with E-state index in [-0.39, 0.29) is 5.91 Å². The van der Waals surface area contributed by atoms with Gasteiger partial charge >= 0.3 is 0 Å². The van der Waals surface area contributed by atoms with Gasteiger partial charge in [-0.05, 0) is 55.6 Å². The predicted octanol–water partition coefficient (Wildman–Crippen LogP) is 2.56. The molecule has 0 aliphatic carbocycles. The van der Waals surface area contributed by atoms with Crippen LogP contribution in [0, 0.1) is 5.92 Å². The number of halogens is 1.